The molecule has 2 unspecified atom stereocenters. The van der Waals surface area contributed by atoms with Crippen LogP contribution in [0.15, 0.2) is 18.2 Å². The average Bonchev–Trinajstić information content (AvgIpc) is 2.90. The van der Waals surface area contributed by atoms with Crippen molar-refractivity contribution >= 4 is 11.6 Å². The van der Waals surface area contributed by atoms with Crippen LogP contribution in [0.5, 0.6) is 5.75 Å². The second-order valence-corrected chi connectivity index (χ2v) is 4.89. The molecular weight excluding hydrogens is 230 g/mol. The largest absolute Gasteiger partial charge is 0.497 e. The molecule has 3 rings (SSSR count). The summed E-state index contributed by atoms with van der Waals surface area (Å²) < 4.78 is 5.22. The predicted octanol–water partition coefficient (Wildman–Crippen LogP) is 0.721. The molecule has 2 aliphatic rings. The first-order valence-corrected chi connectivity index (χ1v) is 6.17. The van der Waals surface area contributed by atoms with Gasteiger partial charge in [0.15, 0.2) is 0 Å². The summed E-state index contributed by atoms with van der Waals surface area (Å²) in [7, 11) is 1.63. The van der Waals surface area contributed by atoms with Crippen molar-refractivity contribution in [2.75, 3.05) is 25.5 Å². The van der Waals surface area contributed by atoms with E-state index in [-0.39, 0.29) is 18.0 Å². The van der Waals surface area contributed by atoms with E-state index in [1.54, 1.807) is 7.11 Å². The Bertz CT molecular complexity index is 489. The van der Waals surface area contributed by atoms with E-state index in [0.717, 1.165) is 36.5 Å². The number of nitrogens with one attached hydrogen (secondary N) is 1. The van der Waals surface area contributed by atoms with Gasteiger partial charge in [-0.1, -0.05) is 0 Å². The highest BCUT2D eigenvalue weighted by Gasteiger charge is 2.38. The lowest BCUT2D eigenvalue weighted by Gasteiger charge is -2.22. The Morgan fingerprint density at radius 1 is 1.50 bits per heavy atom. The smallest absolute Gasteiger partial charge is 0.246 e. The van der Waals surface area contributed by atoms with Gasteiger partial charge in [0.05, 0.1) is 7.11 Å². The SMILES string of the molecule is COc1ccc2c(c1)C(N1CCC(N)C1)C(=O)N2. The summed E-state index contributed by atoms with van der Waals surface area (Å²) in [4.78, 5) is 14.2. The molecule has 0 bridgehead atoms. The molecule has 0 spiro atoms. The van der Waals surface area contributed by atoms with Gasteiger partial charge in [0.2, 0.25) is 5.91 Å². The third-order valence-corrected chi connectivity index (χ3v) is 3.68. The molecule has 1 aromatic rings. The number of hydrogen-bond acceptors (Lipinski definition) is 4. The molecule has 1 saturated heterocycles. The Hall–Kier alpha value is -1.59. The molecule has 18 heavy (non-hydrogen) atoms. The number of carbonyl (C=O) groups is 1. The minimum Gasteiger partial charge on any atom is -0.497 e. The van der Waals surface area contributed by atoms with Gasteiger partial charge in [-0.2, -0.15) is 0 Å². The summed E-state index contributed by atoms with van der Waals surface area (Å²) in [6.45, 7) is 1.64. The Labute approximate surface area is 106 Å². The predicted molar refractivity (Wildman–Crippen MR) is 68.5 cm³/mol. The minimum absolute atomic E-state index is 0.0346. The summed E-state index contributed by atoms with van der Waals surface area (Å²) in [5, 5.41) is 2.91. The minimum atomic E-state index is -0.219. The maximum Gasteiger partial charge on any atom is 0.246 e. The lowest BCUT2D eigenvalue weighted by molar-refractivity contribution is -0.120. The number of methoxy groups -OCH3 is 1. The van der Waals surface area contributed by atoms with E-state index in [2.05, 4.69) is 10.2 Å². The number of carbonyl (C=O) groups excluding carboxylic acids is 1. The summed E-state index contributed by atoms with van der Waals surface area (Å²) >= 11 is 0. The topological polar surface area (TPSA) is 67.6 Å². The number of nitrogens with two attached hydrogens (primary N) is 1. The van der Waals surface area contributed by atoms with Gasteiger partial charge >= 0.3 is 0 Å². The first-order chi connectivity index (χ1) is 8.69. The van der Waals surface area contributed by atoms with Gasteiger partial charge in [-0.25, -0.2) is 0 Å². The first-order valence-electron chi connectivity index (χ1n) is 6.17. The van der Waals surface area contributed by atoms with Crippen LogP contribution in [0.1, 0.15) is 18.0 Å². The molecule has 5 nitrogen and oxygen atoms in total. The van der Waals surface area contributed by atoms with E-state index in [4.69, 9.17) is 10.5 Å². The second-order valence-electron chi connectivity index (χ2n) is 4.89. The highest BCUT2D eigenvalue weighted by atomic mass is 16.5. The van der Waals surface area contributed by atoms with E-state index in [1.165, 1.54) is 0 Å². The van der Waals surface area contributed by atoms with Crippen molar-refractivity contribution in [3.63, 3.8) is 0 Å². The normalized spacial score (nSPS) is 27.1. The zero-order valence-electron chi connectivity index (χ0n) is 10.3. The standard InChI is InChI=1S/C13H17N3O2/c1-18-9-2-3-11-10(6-9)12(13(17)15-11)16-5-4-8(14)7-16/h2-3,6,8,12H,4-5,7,14H2,1H3,(H,15,17). The average molecular weight is 247 g/mol. The van der Waals surface area contributed by atoms with Crippen LogP contribution in [-0.4, -0.2) is 37.0 Å². The van der Waals surface area contributed by atoms with Crippen molar-refractivity contribution in [1.82, 2.24) is 4.90 Å². The molecule has 1 amide bonds. The van der Waals surface area contributed by atoms with Gasteiger partial charge in [-0.3, -0.25) is 9.69 Å². The van der Waals surface area contributed by atoms with Crippen LogP contribution in [0, 0.1) is 0 Å². The molecule has 0 aromatic heterocycles. The van der Waals surface area contributed by atoms with Crippen LogP contribution in [0.4, 0.5) is 5.69 Å². The van der Waals surface area contributed by atoms with Crippen LogP contribution in [0.2, 0.25) is 0 Å². The quantitative estimate of drug-likeness (QED) is 0.808. The molecule has 0 aliphatic carbocycles. The van der Waals surface area contributed by atoms with Crippen LogP contribution in [0.3, 0.4) is 0 Å². The fourth-order valence-corrected chi connectivity index (χ4v) is 2.76. The molecule has 0 saturated carbocycles. The Morgan fingerprint density at radius 2 is 2.33 bits per heavy atom. The molecule has 0 radical (unpaired) electrons. The number of fused-ring (bicyclic) bond motifs is 1. The highest BCUT2D eigenvalue weighted by molar-refractivity contribution is 6.02. The molecule has 2 aliphatic heterocycles. The van der Waals surface area contributed by atoms with Gasteiger partial charge < -0.3 is 15.8 Å². The van der Waals surface area contributed by atoms with Crippen molar-refractivity contribution in [2.24, 2.45) is 5.73 Å². The van der Waals surface area contributed by atoms with Gasteiger partial charge in [-0.15, -0.1) is 0 Å². The number of likely N-dealkylation sites (tertiary alicyclic amines) is 1. The second kappa shape index (κ2) is 4.26. The number of ether oxygens (including phenoxy) is 1. The van der Waals surface area contributed by atoms with Gasteiger partial charge in [0, 0.05) is 30.4 Å². The Morgan fingerprint density at radius 3 is 3.00 bits per heavy atom. The van der Waals surface area contributed by atoms with Crippen LogP contribution >= 0.6 is 0 Å². The molecule has 5 heteroatoms. The van der Waals surface area contributed by atoms with E-state index < -0.39 is 0 Å². The number of rotatable bonds is 2. The number of benzene rings is 1. The third-order valence-electron chi connectivity index (χ3n) is 3.68. The van der Waals surface area contributed by atoms with E-state index in [9.17, 15) is 4.79 Å². The van der Waals surface area contributed by atoms with Crippen molar-refractivity contribution in [3.05, 3.63) is 23.8 Å². The van der Waals surface area contributed by atoms with Gasteiger partial charge in [-0.05, 0) is 24.6 Å². The summed E-state index contributed by atoms with van der Waals surface area (Å²) in [6, 6.07) is 5.64. The maximum atomic E-state index is 12.1. The highest BCUT2D eigenvalue weighted by Crippen LogP contribution is 2.38. The molecule has 1 aromatic carbocycles. The summed E-state index contributed by atoms with van der Waals surface area (Å²) in [5.74, 6) is 0.811. The summed E-state index contributed by atoms with van der Waals surface area (Å²) in [6.07, 6.45) is 0.948. The molecule has 2 atom stereocenters. The van der Waals surface area contributed by atoms with E-state index in [1.807, 2.05) is 18.2 Å². The van der Waals surface area contributed by atoms with Crippen LogP contribution < -0.4 is 15.8 Å². The van der Waals surface area contributed by atoms with Crippen molar-refractivity contribution < 1.29 is 9.53 Å². The number of nitrogens with zero attached hydrogens (tertiary/aromatic N) is 1. The lowest BCUT2D eigenvalue weighted by atomic mass is 10.1. The molecule has 3 N–H and O–H groups in total. The van der Waals surface area contributed by atoms with E-state index >= 15 is 0 Å². The van der Waals surface area contributed by atoms with E-state index in [0.29, 0.717) is 0 Å². The number of anilines is 1. The first kappa shape index (κ1) is 11.5. The van der Waals surface area contributed by atoms with Crippen molar-refractivity contribution in [3.8, 4) is 5.75 Å². The fourth-order valence-electron chi connectivity index (χ4n) is 2.76. The molecule has 1 fully saturated rings. The zero-order chi connectivity index (χ0) is 12.7. The fraction of sp³-hybridized carbons (Fsp3) is 0.462. The summed E-state index contributed by atoms with van der Waals surface area (Å²) in [5.41, 5.74) is 7.79. The van der Waals surface area contributed by atoms with Crippen LogP contribution in [-0.2, 0) is 4.79 Å². The van der Waals surface area contributed by atoms with Gasteiger partial charge in [0.25, 0.3) is 0 Å². The monoisotopic (exact) mass is 247 g/mol. The molecule has 2 heterocycles. The zero-order valence-corrected chi connectivity index (χ0v) is 10.3. The Kier molecular flexibility index (Phi) is 2.72. The maximum absolute atomic E-state index is 12.1. The van der Waals surface area contributed by atoms with Crippen molar-refractivity contribution in [1.29, 1.82) is 0 Å². The van der Waals surface area contributed by atoms with Gasteiger partial charge in [0.1, 0.15) is 11.8 Å². The number of amides is 1. The number of hydrogen-bond donors (Lipinski definition) is 2. The lowest BCUT2D eigenvalue weighted by Crippen LogP contribution is -2.33. The Balaban J connectivity index is 1.95. The molecular formula is C13H17N3O2. The third kappa shape index (κ3) is 1.76. The molecule has 96 valence electrons. The van der Waals surface area contributed by atoms with Crippen molar-refractivity contribution in [2.45, 2.75) is 18.5 Å². The van der Waals surface area contributed by atoms with Crippen LogP contribution in [0.25, 0.3) is 0 Å².